The highest BCUT2D eigenvalue weighted by Crippen LogP contribution is 2.25. The average molecular weight is 245 g/mol. The molecule has 6 heteroatoms. The van der Waals surface area contributed by atoms with Gasteiger partial charge in [-0.25, -0.2) is 4.98 Å². The normalized spacial score (nSPS) is 10.8. The molecule has 6 nitrogen and oxygen atoms in total. The van der Waals surface area contributed by atoms with Crippen molar-refractivity contribution in [3.05, 3.63) is 35.7 Å². The fraction of sp³-hybridized carbons (Fsp3) is 0.250. The third-order valence-electron chi connectivity index (χ3n) is 2.61. The van der Waals surface area contributed by atoms with Gasteiger partial charge in [0.15, 0.2) is 5.82 Å². The number of pyridine rings is 1. The van der Waals surface area contributed by atoms with E-state index in [-0.39, 0.29) is 17.3 Å². The van der Waals surface area contributed by atoms with E-state index in [0.717, 1.165) is 0 Å². The molecular formula is C12H15N5O. The molecule has 2 rings (SSSR count). The zero-order valence-electron chi connectivity index (χ0n) is 10.3. The number of amides is 1. The Morgan fingerprint density at radius 1 is 1.39 bits per heavy atom. The molecule has 0 spiro atoms. The summed E-state index contributed by atoms with van der Waals surface area (Å²) in [7, 11) is 0. The van der Waals surface area contributed by atoms with Gasteiger partial charge in [0.1, 0.15) is 11.4 Å². The van der Waals surface area contributed by atoms with E-state index >= 15 is 0 Å². The van der Waals surface area contributed by atoms with Gasteiger partial charge in [-0.3, -0.25) is 4.79 Å². The van der Waals surface area contributed by atoms with Crippen molar-refractivity contribution in [2.45, 2.75) is 19.8 Å². The maximum absolute atomic E-state index is 11.5. The minimum Gasteiger partial charge on any atom is -0.383 e. The van der Waals surface area contributed by atoms with E-state index in [1.54, 1.807) is 18.3 Å². The highest BCUT2D eigenvalue weighted by molar-refractivity contribution is 5.98. The van der Waals surface area contributed by atoms with Crippen LogP contribution in [0.2, 0.25) is 0 Å². The van der Waals surface area contributed by atoms with Crippen LogP contribution in [0.5, 0.6) is 0 Å². The van der Waals surface area contributed by atoms with Crippen molar-refractivity contribution in [1.82, 2.24) is 14.8 Å². The number of carbonyl (C=O) groups excluding carboxylic acids is 1. The topological polar surface area (TPSA) is 99.8 Å². The van der Waals surface area contributed by atoms with Crippen molar-refractivity contribution in [1.29, 1.82) is 0 Å². The van der Waals surface area contributed by atoms with Gasteiger partial charge >= 0.3 is 0 Å². The van der Waals surface area contributed by atoms with Gasteiger partial charge in [-0.05, 0) is 18.1 Å². The first-order valence-corrected chi connectivity index (χ1v) is 5.62. The fourth-order valence-corrected chi connectivity index (χ4v) is 1.76. The summed E-state index contributed by atoms with van der Waals surface area (Å²) < 4.78 is 1.44. The largest absolute Gasteiger partial charge is 0.383 e. The van der Waals surface area contributed by atoms with Crippen molar-refractivity contribution < 1.29 is 4.79 Å². The second-order valence-corrected chi connectivity index (χ2v) is 4.26. The molecule has 0 aliphatic rings. The van der Waals surface area contributed by atoms with E-state index in [2.05, 4.69) is 10.1 Å². The van der Waals surface area contributed by atoms with Gasteiger partial charge in [0.2, 0.25) is 0 Å². The zero-order chi connectivity index (χ0) is 13.3. The van der Waals surface area contributed by atoms with Gasteiger partial charge in [0.05, 0.1) is 5.69 Å². The summed E-state index contributed by atoms with van der Waals surface area (Å²) in [6.45, 7) is 3.86. The molecule has 0 fully saturated rings. The minimum atomic E-state index is -0.571. The lowest BCUT2D eigenvalue weighted by Gasteiger charge is -2.01. The van der Waals surface area contributed by atoms with Crippen LogP contribution >= 0.6 is 0 Å². The van der Waals surface area contributed by atoms with Gasteiger partial charge in [0.25, 0.3) is 5.91 Å². The first kappa shape index (κ1) is 12.1. The SMILES string of the molecule is CC(C)c1nn(-c2ccccn2)c(N)c1C(N)=O. The van der Waals surface area contributed by atoms with E-state index < -0.39 is 5.91 Å². The Morgan fingerprint density at radius 3 is 2.56 bits per heavy atom. The molecule has 0 saturated carbocycles. The number of carbonyl (C=O) groups is 1. The zero-order valence-corrected chi connectivity index (χ0v) is 10.3. The second-order valence-electron chi connectivity index (χ2n) is 4.26. The minimum absolute atomic E-state index is 0.0553. The van der Waals surface area contributed by atoms with Crippen LogP contribution in [0.25, 0.3) is 5.82 Å². The maximum Gasteiger partial charge on any atom is 0.254 e. The monoisotopic (exact) mass is 245 g/mol. The Bertz CT molecular complexity index is 574. The number of hydrogen-bond donors (Lipinski definition) is 2. The lowest BCUT2D eigenvalue weighted by Crippen LogP contribution is -2.15. The molecule has 1 amide bonds. The molecule has 4 N–H and O–H groups in total. The Balaban J connectivity index is 2.64. The molecule has 0 aliphatic heterocycles. The van der Waals surface area contributed by atoms with Gasteiger partial charge in [0, 0.05) is 6.20 Å². The number of nitrogens with two attached hydrogens (primary N) is 2. The van der Waals surface area contributed by atoms with Crippen LogP contribution in [0.1, 0.15) is 35.8 Å². The number of anilines is 1. The van der Waals surface area contributed by atoms with Crippen molar-refractivity contribution in [2.24, 2.45) is 5.73 Å². The predicted molar refractivity (Wildman–Crippen MR) is 68.4 cm³/mol. The van der Waals surface area contributed by atoms with Crippen LogP contribution in [-0.2, 0) is 0 Å². The smallest absolute Gasteiger partial charge is 0.254 e. The molecule has 0 bridgehead atoms. The molecule has 0 saturated heterocycles. The lowest BCUT2D eigenvalue weighted by atomic mass is 10.1. The summed E-state index contributed by atoms with van der Waals surface area (Å²) in [6, 6.07) is 5.38. The van der Waals surface area contributed by atoms with E-state index in [1.165, 1.54) is 4.68 Å². The Kier molecular flexibility index (Phi) is 3.01. The summed E-state index contributed by atoms with van der Waals surface area (Å²) in [5.74, 6) is 0.271. The molecule has 2 aromatic heterocycles. The van der Waals surface area contributed by atoms with E-state index in [0.29, 0.717) is 11.5 Å². The molecule has 2 heterocycles. The molecular weight excluding hydrogens is 230 g/mol. The molecule has 94 valence electrons. The van der Waals surface area contributed by atoms with E-state index in [4.69, 9.17) is 11.5 Å². The van der Waals surface area contributed by atoms with Crippen LogP contribution in [0.4, 0.5) is 5.82 Å². The van der Waals surface area contributed by atoms with Crippen molar-refractivity contribution in [2.75, 3.05) is 5.73 Å². The van der Waals surface area contributed by atoms with Crippen molar-refractivity contribution in [3.8, 4) is 5.82 Å². The third kappa shape index (κ3) is 1.92. The van der Waals surface area contributed by atoms with Crippen LogP contribution in [0.3, 0.4) is 0 Å². The van der Waals surface area contributed by atoms with Crippen LogP contribution < -0.4 is 11.5 Å². The molecule has 0 aliphatic carbocycles. The van der Waals surface area contributed by atoms with Gasteiger partial charge < -0.3 is 11.5 Å². The Hall–Kier alpha value is -2.37. The summed E-state index contributed by atoms with van der Waals surface area (Å²) >= 11 is 0. The number of hydrogen-bond acceptors (Lipinski definition) is 4. The van der Waals surface area contributed by atoms with E-state index in [1.807, 2.05) is 19.9 Å². The number of nitrogen functional groups attached to an aromatic ring is 1. The van der Waals surface area contributed by atoms with Crippen molar-refractivity contribution >= 4 is 11.7 Å². The van der Waals surface area contributed by atoms with E-state index in [9.17, 15) is 4.79 Å². The first-order chi connectivity index (χ1) is 8.52. The highest BCUT2D eigenvalue weighted by Gasteiger charge is 2.22. The molecule has 0 unspecified atom stereocenters. The number of aromatic nitrogens is 3. The van der Waals surface area contributed by atoms with Gasteiger partial charge in [-0.15, -0.1) is 0 Å². The molecule has 18 heavy (non-hydrogen) atoms. The number of rotatable bonds is 3. The average Bonchev–Trinajstić information content (AvgIpc) is 2.68. The third-order valence-corrected chi connectivity index (χ3v) is 2.61. The Morgan fingerprint density at radius 2 is 2.11 bits per heavy atom. The predicted octanol–water partition coefficient (Wildman–Crippen LogP) is 1.07. The molecule has 0 atom stereocenters. The Labute approximate surface area is 105 Å². The van der Waals surface area contributed by atoms with Gasteiger partial charge in [-0.1, -0.05) is 19.9 Å². The molecule has 0 radical (unpaired) electrons. The first-order valence-electron chi connectivity index (χ1n) is 5.62. The summed E-state index contributed by atoms with van der Waals surface area (Å²) in [4.78, 5) is 15.6. The van der Waals surface area contributed by atoms with Gasteiger partial charge in [-0.2, -0.15) is 9.78 Å². The molecule has 0 aromatic carbocycles. The summed E-state index contributed by atoms with van der Waals surface area (Å²) in [5, 5.41) is 4.33. The van der Waals surface area contributed by atoms with Crippen LogP contribution in [0.15, 0.2) is 24.4 Å². The standard InChI is InChI=1S/C12H15N5O/c1-7(2)10-9(12(14)18)11(13)17(16-10)8-5-3-4-6-15-8/h3-7H,13H2,1-2H3,(H2,14,18). The fourth-order valence-electron chi connectivity index (χ4n) is 1.76. The van der Waals surface area contributed by atoms with Crippen LogP contribution in [-0.4, -0.2) is 20.7 Å². The quantitative estimate of drug-likeness (QED) is 0.844. The number of primary amides is 1. The maximum atomic E-state index is 11.5. The highest BCUT2D eigenvalue weighted by atomic mass is 16.1. The summed E-state index contributed by atoms with van der Waals surface area (Å²) in [6.07, 6.45) is 1.63. The summed E-state index contributed by atoms with van der Waals surface area (Å²) in [5.41, 5.74) is 12.1. The lowest BCUT2D eigenvalue weighted by molar-refractivity contribution is 0.1000. The molecule has 2 aromatic rings. The second kappa shape index (κ2) is 4.48. The van der Waals surface area contributed by atoms with Crippen LogP contribution in [0, 0.1) is 0 Å². The van der Waals surface area contributed by atoms with Crippen molar-refractivity contribution in [3.63, 3.8) is 0 Å². The number of nitrogens with zero attached hydrogens (tertiary/aromatic N) is 3.